The van der Waals surface area contributed by atoms with Crippen LogP contribution < -0.4 is 14.9 Å². The monoisotopic (exact) mass is 473 g/mol. The lowest BCUT2D eigenvalue weighted by Crippen LogP contribution is -2.15. The molecule has 4 rings (SSSR count). The van der Waals surface area contributed by atoms with Crippen LogP contribution in [0.25, 0.3) is 21.8 Å². The molecule has 9 heteroatoms. The normalized spacial score (nSPS) is 18.4. The fraction of sp³-hybridized carbons (Fsp3) is 0.480. The minimum atomic E-state index is -0.0770. The van der Waals surface area contributed by atoms with Crippen molar-refractivity contribution in [2.75, 3.05) is 79.3 Å². The van der Waals surface area contributed by atoms with E-state index in [1.54, 1.807) is 12.1 Å². The number of fused-ring (bicyclic) bond motifs is 2. The summed E-state index contributed by atoms with van der Waals surface area (Å²) in [5.74, 6) is 1.23. The molecule has 1 N–H and O–H groups in total. The van der Waals surface area contributed by atoms with Gasteiger partial charge < -0.3 is 38.1 Å². The van der Waals surface area contributed by atoms with E-state index in [1.807, 2.05) is 24.3 Å². The van der Waals surface area contributed by atoms with Gasteiger partial charge in [0.15, 0.2) is 5.43 Å². The molecule has 0 aliphatic carbocycles. The van der Waals surface area contributed by atoms with Crippen LogP contribution >= 0.6 is 0 Å². The number of hydrogen-bond donors (Lipinski definition) is 1. The second kappa shape index (κ2) is 13.3. The molecule has 9 nitrogen and oxygen atoms in total. The van der Waals surface area contributed by atoms with E-state index in [0.717, 1.165) is 11.0 Å². The van der Waals surface area contributed by atoms with E-state index in [9.17, 15) is 4.79 Å². The van der Waals surface area contributed by atoms with Crippen LogP contribution in [0, 0.1) is 0 Å². The van der Waals surface area contributed by atoms with Crippen LogP contribution in [-0.2, 0) is 23.7 Å². The van der Waals surface area contributed by atoms with Crippen LogP contribution in [0.1, 0.15) is 0 Å². The van der Waals surface area contributed by atoms with Gasteiger partial charge in [0.05, 0.1) is 77.1 Å². The summed E-state index contributed by atoms with van der Waals surface area (Å²) in [5.41, 5.74) is 1.42. The van der Waals surface area contributed by atoms with Gasteiger partial charge in [-0.05, 0) is 36.4 Å². The van der Waals surface area contributed by atoms with E-state index in [0.29, 0.717) is 102 Å². The quantitative estimate of drug-likeness (QED) is 0.498. The Hall–Kier alpha value is -2.69. The van der Waals surface area contributed by atoms with Crippen LogP contribution in [-0.4, -0.2) is 84.3 Å². The Morgan fingerprint density at radius 2 is 0.853 bits per heavy atom. The van der Waals surface area contributed by atoms with Gasteiger partial charge >= 0.3 is 0 Å². The van der Waals surface area contributed by atoms with Gasteiger partial charge in [-0.1, -0.05) is 0 Å². The second-order valence-corrected chi connectivity index (χ2v) is 7.63. The molecule has 2 aromatic carbocycles. The number of benzene rings is 2. The molecule has 1 aliphatic rings. The van der Waals surface area contributed by atoms with Crippen molar-refractivity contribution >= 4 is 21.8 Å². The molecule has 0 unspecified atom stereocenters. The largest absolute Gasteiger partial charge is 0.491 e. The molecule has 0 atom stereocenters. The van der Waals surface area contributed by atoms with Crippen molar-refractivity contribution < 1.29 is 33.2 Å². The molecule has 2 heterocycles. The third kappa shape index (κ3) is 7.15. The minimum absolute atomic E-state index is 0.0770. The van der Waals surface area contributed by atoms with Crippen molar-refractivity contribution in [3.63, 3.8) is 0 Å². The highest BCUT2D eigenvalue weighted by Gasteiger charge is 2.09. The van der Waals surface area contributed by atoms with Gasteiger partial charge in [-0.3, -0.25) is 4.79 Å². The lowest BCUT2D eigenvalue weighted by molar-refractivity contribution is -0.0141. The average Bonchev–Trinajstić information content (AvgIpc) is 2.85. The lowest BCUT2D eigenvalue weighted by atomic mass is 10.1. The van der Waals surface area contributed by atoms with Crippen molar-refractivity contribution in [2.45, 2.75) is 0 Å². The van der Waals surface area contributed by atoms with Gasteiger partial charge in [-0.2, -0.15) is 0 Å². The Balaban J connectivity index is 1.43. The zero-order valence-corrected chi connectivity index (χ0v) is 19.2. The fourth-order valence-electron chi connectivity index (χ4n) is 3.53. The summed E-state index contributed by atoms with van der Waals surface area (Å²) < 4.78 is 39.0. The predicted octanol–water partition coefficient (Wildman–Crippen LogP) is 2.54. The average molecular weight is 474 g/mol. The lowest BCUT2D eigenvalue weighted by Gasteiger charge is -2.11. The maximum atomic E-state index is 13.2. The van der Waals surface area contributed by atoms with Gasteiger partial charge in [-0.15, -0.1) is 0 Å². The number of rotatable bonds is 0. The number of pyridine rings is 1. The highest BCUT2D eigenvalue weighted by Crippen LogP contribution is 2.23. The number of nitrogens with one attached hydrogen (secondary N) is 1. The Kier molecular flexibility index (Phi) is 9.53. The molecule has 184 valence electrons. The Morgan fingerprint density at radius 3 is 1.24 bits per heavy atom. The first-order valence-corrected chi connectivity index (χ1v) is 11.6. The number of H-pyrrole nitrogens is 1. The smallest absolute Gasteiger partial charge is 0.197 e. The number of aromatic amines is 1. The van der Waals surface area contributed by atoms with E-state index in [4.69, 9.17) is 33.2 Å². The summed E-state index contributed by atoms with van der Waals surface area (Å²) in [7, 11) is 0. The summed E-state index contributed by atoms with van der Waals surface area (Å²) in [4.78, 5) is 16.5. The summed E-state index contributed by atoms with van der Waals surface area (Å²) in [5, 5.41) is 1.12. The molecular formula is C25H31NO8. The van der Waals surface area contributed by atoms with Crippen LogP contribution in [0.4, 0.5) is 0 Å². The summed E-state index contributed by atoms with van der Waals surface area (Å²) in [6.45, 7) is 5.54. The van der Waals surface area contributed by atoms with Crippen molar-refractivity contribution in [3.8, 4) is 11.5 Å². The highest BCUT2D eigenvalue weighted by molar-refractivity contribution is 5.93. The zero-order valence-electron chi connectivity index (χ0n) is 19.2. The Morgan fingerprint density at radius 1 is 0.500 bits per heavy atom. The summed E-state index contributed by atoms with van der Waals surface area (Å²) in [6.07, 6.45) is 0. The van der Waals surface area contributed by atoms with E-state index < -0.39 is 0 Å². The van der Waals surface area contributed by atoms with Crippen molar-refractivity contribution in [1.82, 2.24) is 4.98 Å². The number of aromatic nitrogens is 1. The van der Waals surface area contributed by atoms with Gasteiger partial charge in [0.2, 0.25) is 0 Å². The molecule has 3 aromatic rings. The first kappa shape index (κ1) is 24.4. The molecule has 0 saturated carbocycles. The molecule has 34 heavy (non-hydrogen) atoms. The highest BCUT2D eigenvalue weighted by atomic mass is 16.6. The molecule has 0 amide bonds. The van der Waals surface area contributed by atoms with Gasteiger partial charge in [0.25, 0.3) is 0 Å². The van der Waals surface area contributed by atoms with Crippen LogP contribution in [0.5, 0.6) is 11.5 Å². The zero-order chi connectivity index (χ0) is 23.4. The Labute approximate surface area is 197 Å². The minimum Gasteiger partial charge on any atom is -0.491 e. The topological polar surface area (TPSA) is 97.5 Å². The first-order valence-electron chi connectivity index (χ1n) is 11.6. The van der Waals surface area contributed by atoms with E-state index in [1.165, 1.54) is 0 Å². The van der Waals surface area contributed by atoms with Gasteiger partial charge in [0.1, 0.15) is 24.7 Å². The summed E-state index contributed by atoms with van der Waals surface area (Å²) in [6, 6.07) is 10.9. The number of ether oxygens (including phenoxy) is 7. The third-order valence-corrected chi connectivity index (χ3v) is 5.22. The maximum absolute atomic E-state index is 13.2. The third-order valence-electron chi connectivity index (χ3n) is 5.22. The molecule has 0 saturated heterocycles. The molecule has 1 aromatic heterocycles. The van der Waals surface area contributed by atoms with Crippen molar-refractivity contribution in [3.05, 3.63) is 46.6 Å². The SMILES string of the molecule is O=c1c2cc3ccc2[nH]c2ccc(cc12)OCCOCCOCCOCCOCCOCCO3. The van der Waals surface area contributed by atoms with Gasteiger partial charge in [-0.25, -0.2) is 0 Å². The van der Waals surface area contributed by atoms with E-state index in [-0.39, 0.29) is 5.43 Å². The summed E-state index contributed by atoms with van der Waals surface area (Å²) >= 11 is 0. The van der Waals surface area contributed by atoms with E-state index >= 15 is 0 Å². The standard InChI is InChI=1S/C25H31NO8/c27-25-21-17-19-1-3-23(21)26-24-4-2-20(18-22(24)25)34-16-14-32-12-10-30-8-6-28-5-7-29-9-11-31-13-15-33-19/h1-4,17-18H,5-16H2,(H,26,27). The second-order valence-electron chi connectivity index (χ2n) is 7.63. The van der Waals surface area contributed by atoms with Crippen LogP contribution in [0.15, 0.2) is 41.2 Å². The first-order chi connectivity index (χ1) is 16.8. The molecular weight excluding hydrogens is 442 g/mol. The molecule has 4 bridgehead atoms. The maximum Gasteiger partial charge on any atom is 0.197 e. The molecule has 1 aliphatic heterocycles. The molecule has 0 spiro atoms. The molecule has 0 radical (unpaired) electrons. The van der Waals surface area contributed by atoms with Crippen molar-refractivity contribution in [1.29, 1.82) is 0 Å². The van der Waals surface area contributed by atoms with Crippen LogP contribution in [0.3, 0.4) is 0 Å². The van der Waals surface area contributed by atoms with E-state index in [2.05, 4.69) is 4.98 Å². The molecule has 0 fully saturated rings. The predicted molar refractivity (Wildman–Crippen MR) is 127 cm³/mol. The van der Waals surface area contributed by atoms with Crippen molar-refractivity contribution in [2.24, 2.45) is 0 Å². The number of hydrogen-bond acceptors (Lipinski definition) is 8. The van der Waals surface area contributed by atoms with Crippen LogP contribution in [0.2, 0.25) is 0 Å². The Bertz CT molecular complexity index is 1020. The van der Waals surface area contributed by atoms with Gasteiger partial charge in [0, 0.05) is 10.8 Å². The fourth-order valence-corrected chi connectivity index (χ4v) is 3.53.